The number of ether oxygens (including phenoxy) is 1. The molecule has 136 valence electrons. The fourth-order valence-corrected chi connectivity index (χ4v) is 2.38. The topological polar surface area (TPSA) is 15.7 Å². The lowest BCUT2D eigenvalue weighted by Crippen LogP contribution is -2.12. The molecule has 0 bridgehead atoms. The van der Waals surface area contributed by atoms with Crippen LogP contribution in [0.15, 0.2) is 24.7 Å². The van der Waals surface area contributed by atoms with Gasteiger partial charge in [0.25, 0.3) is 0 Å². The van der Waals surface area contributed by atoms with Crippen molar-refractivity contribution in [2.75, 3.05) is 41.3 Å². The highest BCUT2D eigenvalue weighted by Crippen LogP contribution is 2.05. The summed E-state index contributed by atoms with van der Waals surface area (Å²) >= 11 is 0. The lowest BCUT2D eigenvalue weighted by Gasteiger charge is -2.08. The summed E-state index contributed by atoms with van der Waals surface area (Å²) in [5.74, 6) is 0. The third kappa shape index (κ3) is 21.2. The maximum absolute atomic E-state index is 5.38. The van der Waals surface area contributed by atoms with Gasteiger partial charge in [-0.05, 0) is 92.0 Å². The Balaban J connectivity index is 3.20. The van der Waals surface area contributed by atoms with Crippen LogP contribution in [-0.2, 0) is 4.74 Å². The van der Waals surface area contributed by atoms with Gasteiger partial charge in [0.2, 0.25) is 0 Å². The first-order chi connectivity index (χ1) is 11.1. The summed E-state index contributed by atoms with van der Waals surface area (Å²) in [5, 5.41) is 0. The maximum Gasteiger partial charge on any atom is 0.0861 e. The zero-order valence-electron chi connectivity index (χ0n) is 16.1. The van der Waals surface area contributed by atoms with Crippen LogP contribution in [0, 0.1) is 0 Å². The molecule has 0 saturated carbocycles. The van der Waals surface area contributed by atoms with Gasteiger partial charge in [0, 0.05) is 0 Å². The molecule has 3 heteroatoms. The molecule has 0 aliphatic rings. The van der Waals surface area contributed by atoms with E-state index in [2.05, 4.69) is 50.1 Å². The van der Waals surface area contributed by atoms with E-state index in [-0.39, 0.29) is 0 Å². The molecule has 0 saturated heterocycles. The van der Waals surface area contributed by atoms with Crippen molar-refractivity contribution in [2.45, 2.75) is 64.2 Å². The van der Waals surface area contributed by atoms with E-state index >= 15 is 0 Å². The number of hydrogen-bond acceptors (Lipinski definition) is 3. The minimum atomic E-state index is 1.13. The lowest BCUT2D eigenvalue weighted by molar-refractivity contribution is 0.388. The molecule has 0 spiro atoms. The zero-order valence-corrected chi connectivity index (χ0v) is 16.1. The van der Waals surface area contributed by atoms with Crippen LogP contribution >= 0.6 is 0 Å². The highest BCUT2D eigenvalue weighted by molar-refractivity contribution is 4.79. The Morgan fingerprint density at radius 1 is 0.565 bits per heavy atom. The zero-order chi connectivity index (χ0) is 17.2. The SMILES string of the molecule is CN(C)CCCCCCC=COC=CCCCCCCN(C)C. The van der Waals surface area contributed by atoms with E-state index in [0.29, 0.717) is 0 Å². The Labute approximate surface area is 145 Å². The minimum Gasteiger partial charge on any atom is -0.473 e. The second-order valence-corrected chi connectivity index (χ2v) is 6.89. The van der Waals surface area contributed by atoms with Crippen molar-refractivity contribution in [3.63, 3.8) is 0 Å². The average molecular weight is 325 g/mol. The molecule has 0 radical (unpaired) electrons. The Bertz CT molecular complexity index is 257. The van der Waals surface area contributed by atoms with Crippen LogP contribution in [0.1, 0.15) is 64.2 Å². The van der Waals surface area contributed by atoms with E-state index in [4.69, 9.17) is 4.74 Å². The number of nitrogens with zero attached hydrogens (tertiary/aromatic N) is 2. The third-order valence-electron chi connectivity index (χ3n) is 3.80. The van der Waals surface area contributed by atoms with Gasteiger partial charge in [-0.2, -0.15) is 0 Å². The Morgan fingerprint density at radius 3 is 1.35 bits per heavy atom. The third-order valence-corrected chi connectivity index (χ3v) is 3.80. The molecule has 0 aliphatic carbocycles. The molecule has 0 atom stereocenters. The van der Waals surface area contributed by atoms with Crippen molar-refractivity contribution in [2.24, 2.45) is 0 Å². The quantitative estimate of drug-likeness (QED) is 0.292. The largest absolute Gasteiger partial charge is 0.473 e. The van der Waals surface area contributed by atoms with Crippen molar-refractivity contribution in [3.8, 4) is 0 Å². The van der Waals surface area contributed by atoms with Crippen LogP contribution in [0.4, 0.5) is 0 Å². The summed E-state index contributed by atoms with van der Waals surface area (Å²) in [5.41, 5.74) is 0. The predicted octanol–water partition coefficient (Wildman–Crippen LogP) is 5.05. The number of unbranched alkanes of at least 4 members (excludes halogenated alkanes) is 8. The van der Waals surface area contributed by atoms with E-state index in [1.165, 1.54) is 64.5 Å². The predicted molar refractivity (Wildman–Crippen MR) is 103 cm³/mol. The Kier molecular flexibility index (Phi) is 16.9. The standard InChI is InChI=1S/C20H40N2O/c1-21(2)17-13-9-5-7-11-15-19-23-20-16-12-8-6-10-14-18-22(3)4/h15-16,19-20H,5-14,17-18H2,1-4H3. The van der Waals surface area contributed by atoms with Gasteiger partial charge in [-0.25, -0.2) is 0 Å². The lowest BCUT2D eigenvalue weighted by atomic mass is 10.1. The molecule has 23 heavy (non-hydrogen) atoms. The van der Waals surface area contributed by atoms with Crippen LogP contribution < -0.4 is 0 Å². The van der Waals surface area contributed by atoms with Crippen LogP contribution in [0.5, 0.6) is 0 Å². The highest BCUT2D eigenvalue weighted by atomic mass is 16.5. The fourth-order valence-electron chi connectivity index (χ4n) is 2.38. The second kappa shape index (κ2) is 17.6. The highest BCUT2D eigenvalue weighted by Gasteiger charge is 1.92. The minimum absolute atomic E-state index is 1.13. The van der Waals surface area contributed by atoms with Gasteiger partial charge in [-0.15, -0.1) is 0 Å². The normalized spacial score (nSPS) is 12.3. The summed E-state index contributed by atoms with van der Waals surface area (Å²) in [6.07, 6.45) is 20.6. The summed E-state index contributed by atoms with van der Waals surface area (Å²) < 4.78 is 5.38. The van der Waals surface area contributed by atoms with Crippen molar-refractivity contribution < 1.29 is 4.74 Å². The molecular weight excluding hydrogens is 284 g/mol. The Morgan fingerprint density at radius 2 is 0.957 bits per heavy atom. The van der Waals surface area contributed by atoms with Gasteiger partial charge in [0.05, 0.1) is 12.5 Å². The van der Waals surface area contributed by atoms with Crippen molar-refractivity contribution in [3.05, 3.63) is 24.7 Å². The van der Waals surface area contributed by atoms with E-state index in [9.17, 15) is 0 Å². The van der Waals surface area contributed by atoms with Crippen LogP contribution in [0.25, 0.3) is 0 Å². The first-order valence-electron chi connectivity index (χ1n) is 9.38. The van der Waals surface area contributed by atoms with E-state index in [0.717, 1.165) is 12.8 Å². The molecule has 0 aromatic heterocycles. The average Bonchev–Trinajstić information content (AvgIpc) is 2.49. The first kappa shape index (κ1) is 22.2. The van der Waals surface area contributed by atoms with E-state index < -0.39 is 0 Å². The molecule has 0 amide bonds. The molecule has 0 heterocycles. The first-order valence-corrected chi connectivity index (χ1v) is 9.38. The van der Waals surface area contributed by atoms with Gasteiger partial charge in [0.1, 0.15) is 0 Å². The molecule has 0 fully saturated rings. The molecule has 0 aromatic rings. The number of rotatable bonds is 16. The van der Waals surface area contributed by atoms with Crippen molar-refractivity contribution in [1.82, 2.24) is 9.80 Å². The molecule has 0 N–H and O–H groups in total. The summed E-state index contributed by atoms with van der Waals surface area (Å²) in [7, 11) is 8.55. The molecule has 0 aromatic carbocycles. The van der Waals surface area contributed by atoms with Crippen molar-refractivity contribution >= 4 is 0 Å². The number of allylic oxidation sites excluding steroid dienone is 2. The van der Waals surface area contributed by atoms with Crippen LogP contribution in [0.3, 0.4) is 0 Å². The maximum atomic E-state index is 5.38. The summed E-state index contributed by atoms with van der Waals surface area (Å²) in [6.45, 7) is 2.42. The molecule has 0 rings (SSSR count). The fraction of sp³-hybridized carbons (Fsp3) is 0.800. The molecule has 3 nitrogen and oxygen atoms in total. The van der Waals surface area contributed by atoms with E-state index in [1.54, 1.807) is 0 Å². The van der Waals surface area contributed by atoms with E-state index in [1.807, 2.05) is 12.5 Å². The van der Waals surface area contributed by atoms with Gasteiger partial charge >= 0.3 is 0 Å². The molecule has 0 aliphatic heterocycles. The van der Waals surface area contributed by atoms with Gasteiger partial charge in [-0.1, -0.05) is 25.7 Å². The molecular formula is C20H40N2O. The van der Waals surface area contributed by atoms with Crippen molar-refractivity contribution in [1.29, 1.82) is 0 Å². The van der Waals surface area contributed by atoms with Crippen LogP contribution in [-0.4, -0.2) is 51.1 Å². The van der Waals surface area contributed by atoms with Crippen LogP contribution in [0.2, 0.25) is 0 Å². The monoisotopic (exact) mass is 324 g/mol. The second-order valence-electron chi connectivity index (χ2n) is 6.89. The van der Waals surface area contributed by atoms with Gasteiger partial charge in [-0.3, -0.25) is 0 Å². The van der Waals surface area contributed by atoms with Gasteiger partial charge < -0.3 is 14.5 Å². The number of hydrogen-bond donors (Lipinski definition) is 0. The smallest absolute Gasteiger partial charge is 0.0861 e. The Hall–Kier alpha value is -0.800. The summed E-state index contributed by atoms with van der Waals surface area (Å²) in [6, 6.07) is 0. The summed E-state index contributed by atoms with van der Waals surface area (Å²) in [4.78, 5) is 4.51. The van der Waals surface area contributed by atoms with Gasteiger partial charge in [0.15, 0.2) is 0 Å². The molecule has 0 unspecified atom stereocenters.